The fraction of sp³-hybridized carbons (Fsp3) is 0.133. The van der Waals surface area contributed by atoms with Crippen LogP contribution in [-0.4, -0.2) is 34.6 Å². The third-order valence-electron chi connectivity index (χ3n) is 2.70. The summed E-state index contributed by atoms with van der Waals surface area (Å²) in [6.45, 7) is 1.22. The Balaban J connectivity index is 2.42. The minimum Gasteiger partial charge on any atom is -0.440 e. The number of nitrogens with zero attached hydrogens (tertiary/aromatic N) is 2. The molecular weight excluding hydrogens is 332 g/mol. The summed E-state index contributed by atoms with van der Waals surface area (Å²) in [6, 6.07) is 8.20. The number of aromatic amines is 1. The Hall–Kier alpha value is -3.07. The lowest BCUT2D eigenvalue weighted by Crippen LogP contribution is -2.35. The molecule has 2 N–H and O–H groups in total. The predicted octanol–water partition coefficient (Wildman–Crippen LogP) is 1.94. The van der Waals surface area contributed by atoms with Crippen LogP contribution in [-0.2, 0) is 14.4 Å². The third-order valence-corrected chi connectivity index (χ3v) is 2.93. The Bertz CT molecular complexity index is 847. The second-order valence-corrected chi connectivity index (χ2v) is 4.90. The van der Waals surface area contributed by atoms with E-state index in [1.807, 2.05) is 0 Å². The van der Waals surface area contributed by atoms with Crippen LogP contribution in [0, 0.1) is 4.64 Å². The number of H-pyrrole nitrogens is 1. The second-order valence-electron chi connectivity index (χ2n) is 4.48. The van der Waals surface area contributed by atoms with Gasteiger partial charge in [-0.05, 0) is 12.1 Å². The molecule has 0 saturated carbocycles. The molecule has 124 valence electrons. The van der Waals surface area contributed by atoms with Gasteiger partial charge in [0, 0.05) is 13.0 Å². The number of amides is 2. The van der Waals surface area contributed by atoms with E-state index < -0.39 is 11.8 Å². The number of benzene rings is 1. The molecule has 1 aromatic heterocycles. The number of rotatable bonds is 5. The average molecular weight is 346 g/mol. The van der Waals surface area contributed by atoms with Crippen LogP contribution in [0.4, 0.5) is 0 Å². The SMILES string of the molecule is CO/N=C(/C(=O)NC(C)=O)c1ccccc1Oc1cc(=S)nc[nH]1. The summed E-state index contributed by atoms with van der Waals surface area (Å²) in [5.41, 5.74) is 0.241. The first-order chi connectivity index (χ1) is 11.5. The summed E-state index contributed by atoms with van der Waals surface area (Å²) >= 11 is 4.97. The van der Waals surface area contributed by atoms with Crippen molar-refractivity contribution >= 4 is 29.7 Å². The quantitative estimate of drug-likeness (QED) is 0.487. The summed E-state index contributed by atoms with van der Waals surface area (Å²) in [6.07, 6.45) is 1.40. The van der Waals surface area contributed by atoms with E-state index >= 15 is 0 Å². The molecule has 0 bridgehead atoms. The highest BCUT2D eigenvalue weighted by atomic mass is 32.1. The van der Waals surface area contributed by atoms with Gasteiger partial charge in [0.1, 0.15) is 17.5 Å². The predicted molar refractivity (Wildman–Crippen MR) is 88.3 cm³/mol. The van der Waals surface area contributed by atoms with Crippen molar-refractivity contribution in [1.82, 2.24) is 15.3 Å². The highest BCUT2D eigenvalue weighted by Gasteiger charge is 2.20. The maximum absolute atomic E-state index is 12.2. The van der Waals surface area contributed by atoms with Crippen molar-refractivity contribution in [3.05, 3.63) is 46.9 Å². The molecule has 0 aliphatic carbocycles. The molecule has 0 saturated heterocycles. The van der Waals surface area contributed by atoms with Gasteiger partial charge in [0.05, 0.1) is 11.9 Å². The van der Waals surface area contributed by atoms with E-state index in [1.54, 1.807) is 24.3 Å². The van der Waals surface area contributed by atoms with E-state index in [2.05, 4.69) is 20.4 Å². The van der Waals surface area contributed by atoms with Gasteiger partial charge < -0.3 is 14.6 Å². The number of carbonyl (C=O) groups is 2. The minimum absolute atomic E-state index is 0.101. The molecule has 2 aromatic rings. The van der Waals surface area contributed by atoms with Gasteiger partial charge in [0.15, 0.2) is 5.71 Å². The van der Waals surface area contributed by atoms with Gasteiger partial charge in [-0.1, -0.05) is 29.5 Å². The highest BCUT2D eigenvalue weighted by molar-refractivity contribution is 7.71. The lowest BCUT2D eigenvalue weighted by molar-refractivity contribution is -0.125. The summed E-state index contributed by atoms with van der Waals surface area (Å²) in [5, 5.41) is 5.84. The topological polar surface area (TPSA) is 106 Å². The van der Waals surface area contributed by atoms with E-state index in [0.717, 1.165) is 0 Å². The molecule has 0 atom stereocenters. The summed E-state index contributed by atoms with van der Waals surface area (Å²) < 4.78 is 6.06. The van der Waals surface area contributed by atoms with Crippen LogP contribution in [0.2, 0.25) is 0 Å². The minimum atomic E-state index is -0.705. The third kappa shape index (κ3) is 4.46. The fourth-order valence-electron chi connectivity index (χ4n) is 1.80. The van der Waals surface area contributed by atoms with E-state index in [4.69, 9.17) is 21.8 Å². The van der Waals surface area contributed by atoms with Gasteiger partial charge in [-0.3, -0.25) is 14.9 Å². The largest absolute Gasteiger partial charge is 0.440 e. The number of aromatic nitrogens is 2. The number of carbonyl (C=O) groups excluding carboxylic acids is 2. The van der Waals surface area contributed by atoms with Crippen molar-refractivity contribution in [2.75, 3.05) is 7.11 Å². The van der Waals surface area contributed by atoms with Crippen molar-refractivity contribution in [1.29, 1.82) is 0 Å². The van der Waals surface area contributed by atoms with Gasteiger partial charge in [0.25, 0.3) is 5.91 Å². The highest BCUT2D eigenvalue weighted by Crippen LogP contribution is 2.24. The molecular formula is C15H14N4O4S. The van der Waals surface area contributed by atoms with Crippen LogP contribution >= 0.6 is 12.2 Å². The van der Waals surface area contributed by atoms with Crippen LogP contribution in [0.25, 0.3) is 0 Å². The van der Waals surface area contributed by atoms with Gasteiger partial charge in [-0.15, -0.1) is 0 Å². The normalized spacial score (nSPS) is 10.8. The molecule has 0 unspecified atom stereocenters. The van der Waals surface area contributed by atoms with E-state index in [9.17, 15) is 9.59 Å². The van der Waals surface area contributed by atoms with Gasteiger partial charge in [-0.25, -0.2) is 4.98 Å². The molecule has 8 nitrogen and oxygen atoms in total. The Kier molecular flexibility index (Phi) is 5.74. The molecule has 2 amide bonds. The lowest BCUT2D eigenvalue weighted by Gasteiger charge is -2.11. The Morgan fingerprint density at radius 3 is 2.75 bits per heavy atom. The first-order valence-corrected chi connectivity index (χ1v) is 7.17. The number of ether oxygens (including phenoxy) is 1. The molecule has 24 heavy (non-hydrogen) atoms. The molecule has 0 fully saturated rings. The number of imide groups is 1. The van der Waals surface area contributed by atoms with E-state index in [1.165, 1.54) is 26.4 Å². The number of oxime groups is 1. The van der Waals surface area contributed by atoms with Crippen molar-refractivity contribution in [2.24, 2.45) is 5.16 Å². The Morgan fingerprint density at radius 1 is 1.33 bits per heavy atom. The lowest BCUT2D eigenvalue weighted by atomic mass is 10.1. The molecule has 0 aliphatic heterocycles. The summed E-state index contributed by atoms with van der Waals surface area (Å²) in [5.74, 6) is -0.557. The molecule has 1 aromatic carbocycles. The zero-order chi connectivity index (χ0) is 17.5. The van der Waals surface area contributed by atoms with Crippen molar-refractivity contribution < 1.29 is 19.2 Å². The van der Waals surface area contributed by atoms with Crippen LogP contribution in [0.3, 0.4) is 0 Å². The van der Waals surface area contributed by atoms with Crippen LogP contribution in [0.15, 0.2) is 41.8 Å². The van der Waals surface area contributed by atoms with Crippen LogP contribution in [0.1, 0.15) is 12.5 Å². The standard InChI is InChI=1S/C15H14N4O4S/c1-9(20)18-15(21)14(19-22-2)10-5-3-4-6-11(10)23-12-7-13(24)17-8-16-12/h3-8H,1-2H3,(H,16,17,24)(H,18,20,21)/b19-14+. The molecule has 9 heteroatoms. The average Bonchev–Trinajstić information content (AvgIpc) is 2.53. The maximum Gasteiger partial charge on any atom is 0.280 e. The van der Waals surface area contributed by atoms with Crippen LogP contribution < -0.4 is 10.1 Å². The maximum atomic E-state index is 12.2. The number of hydrogen-bond donors (Lipinski definition) is 2. The fourth-order valence-corrected chi connectivity index (χ4v) is 1.96. The number of hydrogen-bond acceptors (Lipinski definition) is 7. The second kappa shape index (κ2) is 7.97. The van der Waals surface area contributed by atoms with Crippen molar-refractivity contribution in [2.45, 2.75) is 6.92 Å². The summed E-state index contributed by atoms with van der Waals surface area (Å²) in [4.78, 5) is 34.7. The smallest absolute Gasteiger partial charge is 0.280 e. The Labute approximate surface area is 142 Å². The monoisotopic (exact) mass is 346 g/mol. The molecule has 0 radical (unpaired) electrons. The molecule has 0 spiro atoms. The first kappa shape index (κ1) is 17.3. The zero-order valence-electron chi connectivity index (χ0n) is 12.9. The van der Waals surface area contributed by atoms with Crippen molar-refractivity contribution in [3.63, 3.8) is 0 Å². The molecule has 0 aliphatic rings. The number of para-hydroxylation sites is 1. The van der Waals surface area contributed by atoms with E-state index in [-0.39, 0.29) is 5.71 Å². The molecule has 1 heterocycles. The number of nitrogens with one attached hydrogen (secondary N) is 2. The van der Waals surface area contributed by atoms with Crippen molar-refractivity contribution in [3.8, 4) is 11.6 Å². The van der Waals surface area contributed by atoms with Gasteiger partial charge >= 0.3 is 0 Å². The summed E-state index contributed by atoms with van der Waals surface area (Å²) in [7, 11) is 1.30. The Morgan fingerprint density at radius 2 is 2.08 bits per heavy atom. The van der Waals surface area contributed by atoms with E-state index in [0.29, 0.717) is 21.8 Å². The van der Waals surface area contributed by atoms with Gasteiger partial charge in [0.2, 0.25) is 11.8 Å². The first-order valence-electron chi connectivity index (χ1n) is 6.76. The van der Waals surface area contributed by atoms with Crippen LogP contribution in [0.5, 0.6) is 11.6 Å². The molecule has 2 rings (SSSR count). The zero-order valence-corrected chi connectivity index (χ0v) is 13.7. The van der Waals surface area contributed by atoms with Gasteiger partial charge in [-0.2, -0.15) is 0 Å².